The lowest BCUT2D eigenvalue weighted by Crippen LogP contribution is -2.34. The van der Waals surface area contributed by atoms with Crippen molar-refractivity contribution in [2.75, 3.05) is 19.8 Å². The van der Waals surface area contributed by atoms with Gasteiger partial charge in [0.25, 0.3) is 0 Å². The first-order valence-corrected chi connectivity index (χ1v) is 8.10. The molecule has 0 fully saturated rings. The monoisotopic (exact) mass is 332 g/mol. The summed E-state index contributed by atoms with van der Waals surface area (Å²) in [5.41, 5.74) is 2.92. The normalized spacial score (nSPS) is 12.1. The van der Waals surface area contributed by atoms with E-state index in [2.05, 4.69) is 10.5 Å². The largest absolute Gasteiger partial charge is 0.379 e. The summed E-state index contributed by atoms with van der Waals surface area (Å²) >= 11 is 0. The summed E-state index contributed by atoms with van der Waals surface area (Å²) in [4.78, 5) is 12.0. The Kier molecular flexibility index (Phi) is 6.96. The van der Waals surface area contributed by atoms with Crippen LogP contribution < -0.4 is 5.32 Å². The van der Waals surface area contributed by atoms with Crippen molar-refractivity contribution in [1.82, 2.24) is 10.5 Å². The highest BCUT2D eigenvalue weighted by Gasteiger charge is 2.14. The van der Waals surface area contributed by atoms with Crippen LogP contribution in [-0.4, -0.2) is 37.0 Å². The molecule has 2 aromatic rings. The van der Waals surface area contributed by atoms with E-state index in [0.29, 0.717) is 25.6 Å². The van der Waals surface area contributed by atoms with Gasteiger partial charge in [0.15, 0.2) is 5.76 Å². The number of carbonyl (C=O) groups excluding carboxylic acids is 1. The van der Waals surface area contributed by atoms with Crippen molar-refractivity contribution < 1.29 is 18.8 Å². The number of aryl methyl sites for hydroxylation is 1. The van der Waals surface area contributed by atoms with Gasteiger partial charge in [-0.1, -0.05) is 35.0 Å². The first-order chi connectivity index (χ1) is 11.6. The Morgan fingerprint density at radius 1 is 1.29 bits per heavy atom. The SMILES string of the molecule is CCOCCOC(C)C(=O)NCc1cc(-c2ccc(C)cc2)no1. The molecule has 0 aliphatic heterocycles. The Balaban J connectivity index is 1.80. The number of rotatable bonds is 9. The zero-order valence-corrected chi connectivity index (χ0v) is 14.4. The van der Waals surface area contributed by atoms with Gasteiger partial charge in [-0.3, -0.25) is 4.79 Å². The van der Waals surface area contributed by atoms with Crippen LogP contribution in [0.1, 0.15) is 25.2 Å². The lowest BCUT2D eigenvalue weighted by Gasteiger charge is -2.12. The standard InChI is InChI=1S/C18H24N2O4/c1-4-22-9-10-23-14(3)18(21)19-12-16-11-17(20-24-16)15-7-5-13(2)6-8-15/h5-8,11,14H,4,9-10,12H2,1-3H3,(H,19,21). The number of nitrogens with one attached hydrogen (secondary N) is 1. The third kappa shape index (κ3) is 5.47. The van der Waals surface area contributed by atoms with Crippen molar-refractivity contribution in [1.29, 1.82) is 0 Å². The van der Waals surface area contributed by atoms with E-state index < -0.39 is 6.10 Å². The number of nitrogens with zero attached hydrogens (tertiary/aromatic N) is 1. The van der Waals surface area contributed by atoms with Crippen molar-refractivity contribution in [2.24, 2.45) is 0 Å². The fourth-order valence-electron chi connectivity index (χ4n) is 2.08. The van der Waals surface area contributed by atoms with E-state index in [0.717, 1.165) is 11.3 Å². The van der Waals surface area contributed by atoms with Crippen LogP contribution in [0.2, 0.25) is 0 Å². The van der Waals surface area contributed by atoms with Gasteiger partial charge < -0.3 is 19.3 Å². The number of ether oxygens (including phenoxy) is 2. The summed E-state index contributed by atoms with van der Waals surface area (Å²) in [6.45, 7) is 7.44. The predicted molar refractivity (Wildman–Crippen MR) is 90.4 cm³/mol. The minimum atomic E-state index is -0.537. The second-order valence-electron chi connectivity index (χ2n) is 5.47. The van der Waals surface area contributed by atoms with Crippen LogP contribution >= 0.6 is 0 Å². The average molecular weight is 332 g/mol. The highest BCUT2D eigenvalue weighted by molar-refractivity contribution is 5.80. The fourth-order valence-corrected chi connectivity index (χ4v) is 2.08. The van der Waals surface area contributed by atoms with Crippen LogP contribution in [0, 0.1) is 6.92 Å². The molecule has 130 valence electrons. The van der Waals surface area contributed by atoms with Gasteiger partial charge in [-0.15, -0.1) is 0 Å². The molecular weight excluding hydrogens is 308 g/mol. The first kappa shape index (κ1) is 18.2. The van der Waals surface area contributed by atoms with E-state index in [1.54, 1.807) is 6.92 Å². The van der Waals surface area contributed by atoms with Crippen LogP contribution in [0.3, 0.4) is 0 Å². The van der Waals surface area contributed by atoms with Gasteiger partial charge in [0, 0.05) is 18.2 Å². The first-order valence-electron chi connectivity index (χ1n) is 8.10. The maximum absolute atomic E-state index is 12.0. The summed E-state index contributed by atoms with van der Waals surface area (Å²) in [6.07, 6.45) is -0.537. The van der Waals surface area contributed by atoms with Crippen molar-refractivity contribution in [3.05, 3.63) is 41.7 Å². The van der Waals surface area contributed by atoms with E-state index in [9.17, 15) is 4.79 Å². The quantitative estimate of drug-likeness (QED) is 0.715. The summed E-state index contributed by atoms with van der Waals surface area (Å²) in [7, 11) is 0. The van der Waals surface area contributed by atoms with Crippen LogP contribution in [-0.2, 0) is 20.8 Å². The molecule has 6 heteroatoms. The van der Waals surface area contributed by atoms with Gasteiger partial charge in [-0.05, 0) is 20.8 Å². The predicted octanol–water partition coefficient (Wildman–Crippen LogP) is 2.71. The number of aromatic nitrogens is 1. The lowest BCUT2D eigenvalue weighted by molar-refractivity contribution is -0.132. The minimum Gasteiger partial charge on any atom is -0.379 e. The van der Waals surface area contributed by atoms with E-state index in [4.69, 9.17) is 14.0 Å². The zero-order chi connectivity index (χ0) is 17.4. The van der Waals surface area contributed by atoms with Gasteiger partial charge in [0.1, 0.15) is 11.8 Å². The van der Waals surface area contributed by atoms with Gasteiger partial charge in [0.2, 0.25) is 5.91 Å². The van der Waals surface area contributed by atoms with Gasteiger partial charge in [-0.25, -0.2) is 0 Å². The molecule has 24 heavy (non-hydrogen) atoms. The molecule has 0 aliphatic carbocycles. The number of carbonyl (C=O) groups is 1. The number of hydrogen-bond donors (Lipinski definition) is 1. The Morgan fingerprint density at radius 3 is 2.75 bits per heavy atom. The molecule has 0 saturated carbocycles. The maximum atomic E-state index is 12.0. The molecule has 0 aliphatic rings. The van der Waals surface area contributed by atoms with Crippen molar-refractivity contribution in [3.8, 4) is 11.3 Å². The van der Waals surface area contributed by atoms with E-state index in [1.807, 2.05) is 44.2 Å². The number of benzene rings is 1. The topological polar surface area (TPSA) is 73.6 Å². The molecule has 1 aromatic carbocycles. The van der Waals surface area contributed by atoms with Crippen LogP contribution in [0.5, 0.6) is 0 Å². The molecule has 2 rings (SSSR count). The molecular formula is C18H24N2O4. The number of hydrogen-bond acceptors (Lipinski definition) is 5. The third-order valence-corrected chi connectivity index (χ3v) is 3.51. The Labute approximate surface area is 142 Å². The molecule has 1 atom stereocenters. The van der Waals surface area contributed by atoms with Crippen molar-refractivity contribution in [3.63, 3.8) is 0 Å². The molecule has 0 bridgehead atoms. The summed E-state index contributed by atoms with van der Waals surface area (Å²) in [5, 5.41) is 6.81. The van der Waals surface area contributed by atoms with E-state index in [1.165, 1.54) is 5.56 Å². The van der Waals surface area contributed by atoms with Crippen molar-refractivity contribution in [2.45, 2.75) is 33.4 Å². The van der Waals surface area contributed by atoms with Crippen molar-refractivity contribution >= 4 is 5.91 Å². The molecule has 1 unspecified atom stereocenters. The third-order valence-electron chi connectivity index (χ3n) is 3.51. The van der Waals surface area contributed by atoms with Gasteiger partial charge >= 0.3 is 0 Å². The van der Waals surface area contributed by atoms with Crippen LogP contribution in [0.25, 0.3) is 11.3 Å². The Bertz CT molecular complexity index is 637. The molecule has 1 amide bonds. The van der Waals surface area contributed by atoms with E-state index >= 15 is 0 Å². The maximum Gasteiger partial charge on any atom is 0.249 e. The highest BCUT2D eigenvalue weighted by atomic mass is 16.5. The van der Waals surface area contributed by atoms with Gasteiger partial charge in [-0.2, -0.15) is 0 Å². The van der Waals surface area contributed by atoms with Gasteiger partial charge in [0.05, 0.1) is 19.8 Å². The minimum absolute atomic E-state index is 0.195. The molecule has 1 heterocycles. The average Bonchev–Trinajstić information content (AvgIpc) is 3.06. The second kappa shape index (κ2) is 9.20. The van der Waals surface area contributed by atoms with E-state index in [-0.39, 0.29) is 12.5 Å². The summed E-state index contributed by atoms with van der Waals surface area (Å²) in [6, 6.07) is 9.85. The van der Waals surface area contributed by atoms with Crippen LogP contribution in [0.4, 0.5) is 0 Å². The summed E-state index contributed by atoms with van der Waals surface area (Å²) in [5.74, 6) is 0.403. The Morgan fingerprint density at radius 2 is 2.04 bits per heavy atom. The smallest absolute Gasteiger partial charge is 0.249 e. The summed E-state index contributed by atoms with van der Waals surface area (Å²) < 4.78 is 15.8. The molecule has 6 nitrogen and oxygen atoms in total. The molecule has 0 saturated heterocycles. The molecule has 1 aromatic heterocycles. The molecule has 1 N–H and O–H groups in total. The van der Waals surface area contributed by atoms with Crippen LogP contribution in [0.15, 0.2) is 34.9 Å². The zero-order valence-electron chi connectivity index (χ0n) is 14.4. The number of amides is 1. The Hall–Kier alpha value is -2.18. The molecule has 0 spiro atoms. The lowest BCUT2D eigenvalue weighted by atomic mass is 10.1. The second-order valence-corrected chi connectivity index (χ2v) is 5.47. The molecule has 0 radical (unpaired) electrons. The fraction of sp³-hybridized carbons (Fsp3) is 0.444. The highest BCUT2D eigenvalue weighted by Crippen LogP contribution is 2.19.